The van der Waals surface area contributed by atoms with Gasteiger partial charge in [-0.25, -0.2) is 4.98 Å². The van der Waals surface area contributed by atoms with E-state index >= 15 is 0 Å². The third-order valence-corrected chi connectivity index (χ3v) is 3.33. The Labute approximate surface area is 114 Å². The van der Waals surface area contributed by atoms with Crippen molar-refractivity contribution in [1.29, 1.82) is 0 Å². The lowest BCUT2D eigenvalue weighted by atomic mass is 9.94. The van der Waals surface area contributed by atoms with Crippen LogP contribution < -0.4 is 10.1 Å². The van der Waals surface area contributed by atoms with Crippen LogP contribution in [0.3, 0.4) is 0 Å². The van der Waals surface area contributed by atoms with Gasteiger partial charge in [-0.2, -0.15) is 0 Å². The summed E-state index contributed by atoms with van der Waals surface area (Å²) < 4.78 is 5.36. The SMILES string of the molecule is CNC(c1ccc(C)cc1C)c1cccnc1OC. The second kappa shape index (κ2) is 5.85. The summed E-state index contributed by atoms with van der Waals surface area (Å²) in [5.41, 5.74) is 4.85. The Morgan fingerprint density at radius 1 is 1.16 bits per heavy atom. The summed E-state index contributed by atoms with van der Waals surface area (Å²) in [4.78, 5) is 4.28. The molecular weight excluding hydrogens is 236 g/mol. The first-order valence-electron chi connectivity index (χ1n) is 6.40. The van der Waals surface area contributed by atoms with Gasteiger partial charge in [0.15, 0.2) is 0 Å². The second-order valence-corrected chi connectivity index (χ2v) is 4.68. The average Bonchev–Trinajstić information content (AvgIpc) is 2.42. The second-order valence-electron chi connectivity index (χ2n) is 4.68. The third-order valence-electron chi connectivity index (χ3n) is 3.33. The molecule has 0 aliphatic carbocycles. The summed E-state index contributed by atoms with van der Waals surface area (Å²) in [6.45, 7) is 4.24. The molecule has 0 radical (unpaired) electrons. The van der Waals surface area contributed by atoms with Gasteiger partial charge in [-0.05, 0) is 38.1 Å². The zero-order chi connectivity index (χ0) is 13.8. The summed E-state index contributed by atoms with van der Waals surface area (Å²) >= 11 is 0. The molecule has 1 N–H and O–H groups in total. The molecule has 19 heavy (non-hydrogen) atoms. The van der Waals surface area contributed by atoms with E-state index in [9.17, 15) is 0 Å². The van der Waals surface area contributed by atoms with E-state index in [0.29, 0.717) is 5.88 Å². The van der Waals surface area contributed by atoms with E-state index in [-0.39, 0.29) is 6.04 Å². The number of nitrogens with zero attached hydrogens (tertiary/aromatic N) is 1. The van der Waals surface area contributed by atoms with E-state index < -0.39 is 0 Å². The zero-order valence-corrected chi connectivity index (χ0v) is 11.9. The van der Waals surface area contributed by atoms with Crippen LogP contribution in [-0.4, -0.2) is 19.1 Å². The highest BCUT2D eigenvalue weighted by Gasteiger charge is 2.18. The molecule has 3 nitrogen and oxygen atoms in total. The van der Waals surface area contributed by atoms with E-state index in [4.69, 9.17) is 4.74 Å². The molecule has 0 saturated heterocycles. The number of hydrogen-bond donors (Lipinski definition) is 1. The molecule has 2 rings (SSSR count). The first-order chi connectivity index (χ1) is 9.17. The van der Waals surface area contributed by atoms with Crippen LogP contribution in [-0.2, 0) is 0 Å². The summed E-state index contributed by atoms with van der Waals surface area (Å²) in [6, 6.07) is 10.6. The van der Waals surface area contributed by atoms with Gasteiger partial charge in [0.1, 0.15) is 0 Å². The molecular formula is C16H20N2O. The fourth-order valence-corrected chi connectivity index (χ4v) is 2.42. The van der Waals surface area contributed by atoms with Gasteiger partial charge in [-0.1, -0.05) is 29.8 Å². The van der Waals surface area contributed by atoms with Gasteiger partial charge in [0.05, 0.1) is 13.2 Å². The Morgan fingerprint density at radius 2 is 1.95 bits per heavy atom. The molecule has 1 atom stereocenters. The van der Waals surface area contributed by atoms with Crippen molar-refractivity contribution < 1.29 is 4.74 Å². The highest BCUT2D eigenvalue weighted by Crippen LogP contribution is 2.30. The Kier molecular flexibility index (Phi) is 4.17. The Morgan fingerprint density at radius 3 is 2.58 bits per heavy atom. The number of hydrogen-bond acceptors (Lipinski definition) is 3. The minimum atomic E-state index is 0.0873. The molecule has 0 bridgehead atoms. The minimum absolute atomic E-state index is 0.0873. The van der Waals surface area contributed by atoms with Crippen molar-refractivity contribution in [3.8, 4) is 5.88 Å². The highest BCUT2D eigenvalue weighted by molar-refractivity contribution is 5.42. The number of aryl methyl sites for hydroxylation is 2. The van der Waals surface area contributed by atoms with Gasteiger partial charge >= 0.3 is 0 Å². The van der Waals surface area contributed by atoms with Crippen molar-refractivity contribution in [2.24, 2.45) is 0 Å². The Balaban J connectivity index is 2.50. The van der Waals surface area contributed by atoms with Crippen LogP contribution in [0.4, 0.5) is 0 Å². The molecule has 2 aromatic rings. The predicted molar refractivity (Wildman–Crippen MR) is 77.6 cm³/mol. The molecule has 1 aromatic heterocycles. The van der Waals surface area contributed by atoms with Crippen molar-refractivity contribution in [3.63, 3.8) is 0 Å². The predicted octanol–water partition coefficient (Wildman–Crippen LogP) is 3.02. The number of rotatable bonds is 4. The molecule has 1 heterocycles. The molecule has 3 heteroatoms. The average molecular weight is 256 g/mol. The van der Waals surface area contributed by atoms with Crippen LogP contribution >= 0.6 is 0 Å². The van der Waals surface area contributed by atoms with Crippen LogP contribution in [0.2, 0.25) is 0 Å². The zero-order valence-electron chi connectivity index (χ0n) is 11.9. The van der Waals surface area contributed by atoms with E-state index in [1.807, 2.05) is 19.2 Å². The van der Waals surface area contributed by atoms with Crippen LogP contribution in [0.15, 0.2) is 36.5 Å². The molecule has 0 fully saturated rings. The third kappa shape index (κ3) is 2.76. The molecule has 1 unspecified atom stereocenters. The maximum atomic E-state index is 5.36. The van der Waals surface area contributed by atoms with Gasteiger partial charge < -0.3 is 10.1 Å². The van der Waals surface area contributed by atoms with Gasteiger partial charge in [0.2, 0.25) is 5.88 Å². The van der Waals surface area contributed by atoms with Crippen LogP contribution in [0.1, 0.15) is 28.3 Å². The molecule has 0 aliphatic heterocycles. The lowest BCUT2D eigenvalue weighted by molar-refractivity contribution is 0.388. The Bertz CT molecular complexity index is 566. The Hall–Kier alpha value is -1.87. The van der Waals surface area contributed by atoms with Crippen molar-refractivity contribution in [2.75, 3.05) is 14.2 Å². The molecule has 0 spiro atoms. The number of aromatic nitrogens is 1. The first kappa shape index (κ1) is 13.6. The van der Waals surface area contributed by atoms with E-state index in [1.165, 1.54) is 16.7 Å². The van der Waals surface area contributed by atoms with Gasteiger partial charge in [0.25, 0.3) is 0 Å². The van der Waals surface area contributed by atoms with E-state index in [1.54, 1.807) is 13.3 Å². The van der Waals surface area contributed by atoms with Crippen LogP contribution in [0.25, 0.3) is 0 Å². The lowest BCUT2D eigenvalue weighted by Crippen LogP contribution is -2.19. The fraction of sp³-hybridized carbons (Fsp3) is 0.312. The monoisotopic (exact) mass is 256 g/mol. The van der Waals surface area contributed by atoms with Gasteiger partial charge in [-0.3, -0.25) is 0 Å². The smallest absolute Gasteiger partial charge is 0.218 e. The van der Waals surface area contributed by atoms with E-state index in [0.717, 1.165) is 5.56 Å². The normalized spacial score (nSPS) is 12.2. The molecule has 100 valence electrons. The highest BCUT2D eigenvalue weighted by atomic mass is 16.5. The molecule has 0 saturated carbocycles. The first-order valence-corrected chi connectivity index (χ1v) is 6.40. The number of pyridine rings is 1. The molecule has 1 aromatic carbocycles. The summed E-state index contributed by atoms with van der Waals surface area (Å²) in [5.74, 6) is 0.668. The number of benzene rings is 1. The topological polar surface area (TPSA) is 34.2 Å². The number of methoxy groups -OCH3 is 1. The minimum Gasteiger partial charge on any atom is -0.481 e. The van der Waals surface area contributed by atoms with Crippen LogP contribution in [0.5, 0.6) is 5.88 Å². The fourth-order valence-electron chi connectivity index (χ4n) is 2.42. The number of nitrogens with one attached hydrogen (secondary N) is 1. The van der Waals surface area contributed by atoms with Gasteiger partial charge in [0, 0.05) is 11.8 Å². The molecule has 0 amide bonds. The quantitative estimate of drug-likeness (QED) is 0.913. The van der Waals surface area contributed by atoms with Crippen molar-refractivity contribution >= 4 is 0 Å². The lowest BCUT2D eigenvalue weighted by Gasteiger charge is -2.21. The van der Waals surface area contributed by atoms with Crippen molar-refractivity contribution in [3.05, 3.63) is 58.8 Å². The van der Waals surface area contributed by atoms with Crippen LogP contribution in [0, 0.1) is 13.8 Å². The summed E-state index contributed by atoms with van der Waals surface area (Å²) in [6.07, 6.45) is 1.75. The molecule has 0 aliphatic rings. The van der Waals surface area contributed by atoms with Crippen molar-refractivity contribution in [1.82, 2.24) is 10.3 Å². The van der Waals surface area contributed by atoms with Crippen molar-refractivity contribution in [2.45, 2.75) is 19.9 Å². The maximum absolute atomic E-state index is 5.36. The van der Waals surface area contributed by atoms with Gasteiger partial charge in [-0.15, -0.1) is 0 Å². The van der Waals surface area contributed by atoms with E-state index in [2.05, 4.69) is 42.3 Å². The number of ether oxygens (including phenoxy) is 1. The largest absolute Gasteiger partial charge is 0.481 e. The standard InChI is InChI=1S/C16H20N2O/c1-11-7-8-13(12(2)10-11)15(17-3)14-6-5-9-18-16(14)19-4/h5-10,15,17H,1-4H3. The maximum Gasteiger partial charge on any atom is 0.218 e. The summed E-state index contributed by atoms with van der Waals surface area (Å²) in [5, 5.41) is 3.35. The summed E-state index contributed by atoms with van der Waals surface area (Å²) in [7, 11) is 3.61.